The summed E-state index contributed by atoms with van der Waals surface area (Å²) in [7, 11) is 0. The van der Waals surface area contributed by atoms with E-state index >= 15 is 0 Å². The van der Waals surface area contributed by atoms with Gasteiger partial charge in [0.1, 0.15) is 12.5 Å². The van der Waals surface area contributed by atoms with Crippen molar-refractivity contribution in [1.29, 1.82) is 0 Å². The Labute approximate surface area is 248 Å². The molecule has 8 nitrogen and oxygen atoms in total. The van der Waals surface area contributed by atoms with Crippen LogP contribution < -0.4 is 20.4 Å². The van der Waals surface area contributed by atoms with Gasteiger partial charge in [0.15, 0.2) is 0 Å². The van der Waals surface area contributed by atoms with Gasteiger partial charge in [-0.25, -0.2) is 9.37 Å². The summed E-state index contributed by atoms with van der Waals surface area (Å²) in [5.41, 5.74) is 3.46. The summed E-state index contributed by atoms with van der Waals surface area (Å²) < 4.78 is 12.6. The van der Waals surface area contributed by atoms with Crippen LogP contribution in [0.2, 0.25) is 0 Å². The zero-order chi connectivity index (χ0) is 29.1. The van der Waals surface area contributed by atoms with Crippen molar-refractivity contribution < 1.29 is 18.8 Å². The molecule has 1 fully saturated rings. The number of benzene rings is 2. The van der Waals surface area contributed by atoms with E-state index < -0.39 is 6.67 Å². The van der Waals surface area contributed by atoms with Crippen molar-refractivity contribution in [1.82, 2.24) is 10.3 Å². The first kappa shape index (κ1) is 28.0. The molecule has 2 atom stereocenters. The minimum absolute atomic E-state index is 0.000594. The Hall–Kier alpha value is -4.18. The number of halogens is 1. The average Bonchev–Trinajstić information content (AvgIpc) is 3.69. The normalized spacial score (nSPS) is 19.4. The molecule has 3 aliphatic heterocycles. The number of carbonyl (C=O) groups is 3. The van der Waals surface area contributed by atoms with Crippen LogP contribution in [0.4, 0.5) is 21.6 Å². The minimum Gasteiger partial charge on any atom is -0.356 e. The van der Waals surface area contributed by atoms with Crippen LogP contribution in [0.25, 0.3) is 0 Å². The van der Waals surface area contributed by atoms with Gasteiger partial charge in [0.25, 0.3) is 17.7 Å². The highest BCUT2D eigenvalue weighted by Crippen LogP contribution is 2.52. The smallest absolute Gasteiger partial charge is 0.259 e. The summed E-state index contributed by atoms with van der Waals surface area (Å²) in [4.78, 5) is 48.4. The highest BCUT2D eigenvalue weighted by molar-refractivity contribution is 8.04. The Bertz CT molecular complexity index is 1520. The van der Waals surface area contributed by atoms with Crippen LogP contribution in [0.1, 0.15) is 50.8 Å². The summed E-state index contributed by atoms with van der Waals surface area (Å²) in [6.07, 6.45) is 6.54. The van der Waals surface area contributed by atoms with E-state index in [0.717, 1.165) is 37.2 Å². The van der Waals surface area contributed by atoms with E-state index in [-0.39, 0.29) is 35.4 Å². The molecular weight excluding hydrogens is 553 g/mol. The third-order valence-electron chi connectivity index (χ3n) is 7.90. The van der Waals surface area contributed by atoms with Crippen LogP contribution in [0.5, 0.6) is 0 Å². The van der Waals surface area contributed by atoms with Crippen molar-refractivity contribution >= 4 is 46.7 Å². The maximum atomic E-state index is 13.8. The fraction of sp³-hybridized carbons (Fsp3) is 0.312. The summed E-state index contributed by atoms with van der Waals surface area (Å²) in [5, 5.41) is 5.57. The first-order valence-corrected chi connectivity index (χ1v) is 15.2. The summed E-state index contributed by atoms with van der Waals surface area (Å²) >= 11 is 1.47. The Kier molecular flexibility index (Phi) is 8.23. The van der Waals surface area contributed by atoms with E-state index in [2.05, 4.69) is 20.5 Å². The van der Waals surface area contributed by atoms with E-state index in [0.29, 0.717) is 40.5 Å². The fourth-order valence-corrected chi connectivity index (χ4v) is 7.26. The second-order valence-electron chi connectivity index (χ2n) is 10.6. The number of rotatable bonds is 7. The number of aromatic nitrogens is 1. The second-order valence-corrected chi connectivity index (χ2v) is 11.8. The molecule has 216 valence electrons. The highest BCUT2D eigenvalue weighted by atomic mass is 32.2. The largest absolute Gasteiger partial charge is 0.356 e. The lowest BCUT2D eigenvalue weighted by atomic mass is 9.96. The molecule has 2 aromatic carbocycles. The Morgan fingerprint density at radius 1 is 0.952 bits per heavy atom. The number of hydrogen-bond donors (Lipinski definition) is 2. The summed E-state index contributed by atoms with van der Waals surface area (Å²) in [5.74, 6) is 0.165. The van der Waals surface area contributed by atoms with E-state index in [1.54, 1.807) is 47.5 Å². The van der Waals surface area contributed by atoms with Gasteiger partial charge in [-0.15, -0.1) is 11.8 Å². The van der Waals surface area contributed by atoms with Gasteiger partial charge in [-0.3, -0.25) is 14.4 Å². The molecule has 2 N–H and O–H groups in total. The number of amides is 3. The molecule has 2 unspecified atom stereocenters. The van der Waals surface area contributed by atoms with E-state index in [9.17, 15) is 18.8 Å². The molecule has 0 bridgehead atoms. The SMILES string of the molecule is O=C(NCCF)C1=CC2CCN(C(=O)c3ccc(NC(=O)c4cccnc4N4CCCC4)cc3)c3ccccc3C2S1. The maximum absolute atomic E-state index is 13.8. The number of nitrogens with one attached hydrogen (secondary N) is 2. The zero-order valence-corrected chi connectivity index (χ0v) is 23.9. The minimum atomic E-state index is -0.603. The van der Waals surface area contributed by atoms with Gasteiger partial charge >= 0.3 is 0 Å². The van der Waals surface area contributed by atoms with Gasteiger partial charge in [-0.05, 0) is 73.2 Å². The molecule has 10 heteroatoms. The third-order valence-corrected chi connectivity index (χ3v) is 9.34. The number of nitrogens with zero attached hydrogens (tertiary/aromatic N) is 3. The van der Waals surface area contributed by atoms with Gasteiger partial charge < -0.3 is 20.4 Å². The van der Waals surface area contributed by atoms with Gasteiger partial charge in [0.05, 0.1) is 10.5 Å². The van der Waals surface area contributed by atoms with Crippen LogP contribution in [0.15, 0.2) is 77.8 Å². The van der Waals surface area contributed by atoms with Crippen LogP contribution >= 0.6 is 11.8 Å². The maximum Gasteiger partial charge on any atom is 0.259 e. The third kappa shape index (κ3) is 5.63. The van der Waals surface area contributed by atoms with Gasteiger partial charge in [-0.2, -0.15) is 0 Å². The van der Waals surface area contributed by atoms with Crippen molar-refractivity contribution in [3.63, 3.8) is 0 Å². The van der Waals surface area contributed by atoms with E-state index in [4.69, 9.17) is 0 Å². The number of carbonyl (C=O) groups excluding carboxylic acids is 3. The number of para-hydroxylation sites is 1. The molecule has 3 aliphatic rings. The number of anilines is 3. The van der Waals surface area contributed by atoms with Crippen LogP contribution in [-0.4, -0.2) is 55.6 Å². The number of hydrogen-bond acceptors (Lipinski definition) is 6. The molecule has 0 aliphatic carbocycles. The lowest BCUT2D eigenvalue weighted by molar-refractivity contribution is -0.116. The highest BCUT2D eigenvalue weighted by Gasteiger charge is 2.38. The van der Waals surface area contributed by atoms with Gasteiger partial charge in [-0.1, -0.05) is 24.3 Å². The fourth-order valence-electron chi connectivity index (χ4n) is 5.84. The Morgan fingerprint density at radius 2 is 1.74 bits per heavy atom. The molecule has 3 aromatic rings. The number of pyridine rings is 1. The summed E-state index contributed by atoms with van der Waals surface area (Å²) in [6.45, 7) is 1.67. The molecule has 1 saturated heterocycles. The lowest BCUT2D eigenvalue weighted by Crippen LogP contribution is -2.32. The van der Waals surface area contributed by atoms with Crippen LogP contribution in [-0.2, 0) is 4.79 Å². The molecular formula is C32H32FN5O3S. The first-order valence-electron chi connectivity index (χ1n) is 14.3. The lowest BCUT2D eigenvalue weighted by Gasteiger charge is -2.24. The predicted molar refractivity (Wildman–Crippen MR) is 164 cm³/mol. The van der Waals surface area contributed by atoms with Crippen molar-refractivity contribution in [3.05, 3.63) is 94.5 Å². The number of fused-ring (bicyclic) bond motifs is 3. The van der Waals surface area contributed by atoms with Crippen molar-refractivity contribution in [3.8, 4) is 0 Å². The topological polar surface area (TPSA) is 94.6 Å². The van der Waals surface area contributed by atoms with E-state index in [1.807, 2.05) is 30.3 Å². The van der Waals surface area contributed by atoms with Crippen LogP contribution in [0.3, 0.4) is 0 Å². The molecule has 6 rings (SSSR count). The monoisotopic (exact) mass is 585 g/mol. The standard InChI is InChI=1S/C32H32FN5O3S/c33-14-16-35-31(40)27-20-22-13-19-38(26-8-2-1-6-24(26)28(22)42-27)32(41)21-9-11-23(12-10-21)36-30(39)25-7-5-15-34-29(25)37-17-3-4-18-37/h1-2,5-12,15,20,22,28H,3-4,13-14,16-19H2,(H,35,40)(H,36,39). The zero-order valence-electron chi connectivity index (χ0n) is 23.1. The van der Waals surface area contributed by atoms with Crippen molar-refractivity contribution in [2.24, 2.45) is 5.92 Å². The molecule has 42 heavy (non-hydrogen) atoms. The number of thioether (sulfide) groups is 1. The molecule has 0 saturated carbocycles. The predicted octanol–water partition coefficient (Wildman–Crippen LogP) is 5.36. The molecule has 4 heterocycles. The average molecular weight is 586 g/mol. The quantitative estimate of drug-likeness (QED) is 0.388. The van der Waals surface area contributed by atoms with Crippen LogP contribution in [0, 0.1) is 5.92 Å². The van der Waals surface area contributed by atoms with Gasteiger partial charge in [0.2, 0.25) is 0 Å². The molecule has 0 radical (unpaired) electrons. The molecule has 1 aromatic heterocycles. The van der Waals surface area contributed by atoms with Crippen molar-refractivity contribution in [2.75, 3.05) is 48.0 Å². The number of alkyl halides is 1. The second kappa shape index (κ2) is 12.4. The van der Waals surface area contributed by atoms with Gasteiger partial charge in [0, 0.05) is 54.6 Å². The first-order chi connectivity index (χ1) is 20.5. The Balaban J connectivity index is 1.17. The molecule has 3 amide bonds. The van der Waals surface area contributed by atoms with E-state index in [1.165, 1.54) is 11.8 Å². The Morgan fingerprint density at radius 3 is 2.52 bits per heavy atom. The summed E-state index contributed by atoms with van der Waals surface area (Å²) in [6, 6.07) is 18.3. The number of allylic oxidation sites excluding steroid dienone is 1. The molecule has 0 spiro atoms. The van der Waals surface area contributed by atoms with Crippen molar-refractivity contribution in [2.45, 2.75) is 24.5 Å².